The number of thiocarbonyl (C=S) groups is 1. The fourth-order valence-electron chi connectivity index (χ4n) is 2.22. The van der Waals surface area contributed by atoms with Crippen molar-refractivity contribution in [2.75, 3.05) is 6.61 Å². The molecule has 2 aromatic carbocycles. The highest BCUT2D eigenvalue weighted by molar-refractivity contribution is 7.80. The van der Waals surface area contributed by atoms with E-state index >= 15 is 0 Å². The average Bonchev–Trinajstić information content (AvgIpc) is 2.56. The summed E-state index contributed by atoms with van der Waals surface area (Å²) in [6.45, 7) is 3.67. The summed E-state index contributed by atoms with van der Waals surface area (Å²) >= 11 is 16.7. The molecular formula is C18H17Cl2N3O3S. The Morgan fingerprint density at radius 1 is 0.963 bits per heavy atom. The molecule has 2 amide bonds. The number of hydrazine groups is 1. The fraction of sp³-hybridized carbons (Fsp3) is 0.167. The van der Waals surface area contributed by atoms with Crippen LogP contribution in [0.25, 0.3) is 0 Å². The minimum atomic E-state index is -0.516. The monoisotopic (exact) mass is 425 g/mol. The Morgan fingerprint density at radius 3 is 2.15 bits per heavy atom. The fourth-order valence-corrected chi connectivity index (χ4v) is 2.89. The van der Waals surface area contributed by atoms with Crippen molar-refractivity contribution < 1.29 is 14.3 Å². The van der Waals surface area contributed by atoms with Gasteiger partial charge in [-0.25, -0.2) is 0 Å². The molecule has 27 heavy (non-hydrogen) atoms. The Hall–Kier alpha value is -2.35. The molecule has 9 heteroatoms. The van der Waals surface area contributed by atoms with E-state index in [0.29, 0.717) is 15.8 Å². The standard InChI is InChI=1S/C18H17Cl2N3O3S/c1-10-3-11(2)5-15(4-10)26-9-16(24)22-23-18(27)21-17(25)12-6-13(19)8-14(20)7-12/h3-8H,9H2,1-2H3,(H,22,24)(H2,21,23,25,27). The summed E-state index contributed by atoms with van der Waals surface area (Å²) in [5.41, 5.74) is 7.07. The molecule has 0 heterocycles. The molecule has 0 bridgehead atoms. The first-order valence-electron chi connectivity index (χ1n) is 7.80. The van der Waals surface area contributed by atoms with Crippen molar-refractivity contribution in [3.05, 3.63) is 63.1 Å². The molecule has 0 saturated carbocycles. The number of benzene rings is 2. The molecule has 0 fully saturated rings. The highest BCUT2D eigenvalue weighted by Gasteiger charge is 2.11. The summed E-state index contributed by atoms with van der Waals surface area (Å²) in [4.78, 5) is 23.9. The maximum Gasteiger partial charge on any atom is 0.276 e. The SMILES string of the molecule is Cc1cc(C)cc(OCC(=O)NNC(=S)NC(=O)c2cc(Cl)cc(Cl)c2)c1. The molecule has 0 aliphatic heterocycles. The van der Waals surface area contributed by atoms with E-state index in [1.165, 1.54) is 18.2 Å². The highest BCUT2D eigenvalue weighted by Crippen LogP contribution is 2.19. The van der Waals surface area contributed by atoms with Gasteiger partial charge in [0.15, 0.2) is 11.7 Å². The molecule has 0 aromatic heterocycles. The van der Waals surface area contributed by atoms with Gasteiger partial charge in [-0.05, 0) is 67.5 Å². The normalized spacial score (nSPS) is 10.1. The number of halogens is 2. The third-order valence-electron chi connectivity index (χ3n) is 3.23. The number of hydrogen-bond donors (Lipinski definition) is 3. The second-order valence-electron chi connectivity index (χ2n) is 5.73. The molecule has 2 aromatic rings. The highest BCUT2D eigenvalue weighted by atomic mass is 35.5. The van der Waals surface area contributed by atoms with E-state index in [9.17, 15) is 9.59 Å². The van der Waals surface area contributed by atoms with Crippen LogP contribution in [0.1, 0.15) is 21.5 Å². The average molecular weight is 426 g/mol. The van der Waals surface area contributed by atoms with Gasteiger partial charge < -0.3 is 4.74 Å². The van der Waals surface area contributed by atoms with E-state index in [-0.39, 0.29) is 17.3 Å². The summed E-state index contributed by atoms with van der Waals surface area (Å²) in [7, 11) is 0. The lowest BCUT2D eigenvalue weighted by Gasteiger charge is -2.12. The second-order valence-corrected chi connectivity index (χ2v) is 7.01. The number of rotatable bonds is 4. The van der Waals surface area contributed by atoms with E-state index < -0.39 is 11.8 Å². The first-order valence-corrected chi connectivity index (χ1v) is 8.96. The second kappa shape index (κ2) is 9.55. The van der Waals surface area contributed by atoms with Crippen molar-refractivity contribution >= 4 is 52.3 Å². The van der Waals surface area contributed by atoms with Crippen LogP contribution < -0.4 is 20.9 Å². The topological polar surface area (TPSA) is 79.5 Å². The quantitative estimate of drug-likeness (QED) is 0.517. The number of carbonyl (C=O) groups excluding carboxylic acids is 2. The zero-order valence-electron chi connectivity index (χ0n) is 14.6. The van der Waals surface area contributed by atoms with E-state index in [2.05, 4.69) is 16.2 Å². The Bertz CT molecular complexity index is 850. The number of amides is 2. The van der Waals surface area contributed by atoms with Gasteiger partial charge in [-0.1, -0.05) is 29.3 Å². The Balaban J connectivity index is 1.79. The molecule has 0 unspecified atom stereocenters. The van der Waals surface area contributed by atoms with Crippen LogP contribution in [-0.2, 0) is 4.79 Å². The lowest BCUT2D eigenvalue weighted by atomic mass is 10.1. The Kier molecular flexibility index (Phi) is 7.41. The van der Waals surface area contributed by atoms with E-state index in [1.807, 2.05) is 32.0 Å². The van der Waals surface area contributed by atoms with Gasteiger partial charge in [0.2, 0.25) is 0 Å². The van der Waals surface area contributed by atoms with E-state index in [1.54, 1.807) is 0 Å². The van der Waals surface area contributed by atoms with Crippen molar-refractivity contribution in [1.82, 2.24) is 16.2 Å². The number of aryl methyl sites for hydroxylation is 2. The van der Waals surface area contributed by atoms with Gasteiger partial charge in [-0.3, -0.25) is 25.8 Å². The predicted octanol–water partition coefficient (Wildman–Crippen LogP) is 3.32. The summed E-state index contributed by atoms with van der Waals surface area (Å²) < 4.78 is 5.43. The van der Waals surface area contributed by atoms with Crippen LogP contribution in [-0.4, -0.2) is 23.5 Å². The molecule has 0 aliphatic rings. The minimum absolute atomic E-state index is 0.0872. The molecular weight excluding hydrogens is 409 g/mol. The summed E-state index contributed by atoms with van der Waals surface area (Å²) in [6.07, 6.45) is 0. The van der Waals surface area contributed by atoms with E-state index in [4.69, 9.17) is 40.2 Å². The molecule has 0 spiro atoms. The molecule has 0 aliphatic carbocycles. The molecule has 0 radical (unpaired) electrons. The number of ether oxygens (including phenoxy) is 1. The van der Waals surface area contributed by atoms with Crippen molar-refractivity contribution in [2.24, 2.45) is 0 Å². The Labute approximate surface area is 172 Å². The number of carbonyl (C=O) groups is 2. The predicted molar refractivity (Wildman–Crippen MR) is 109 cm³/mol. The van der Waals surface area contributed by atoms with Crippen molar-refractivity contribution in [3.8, 4) is 5.75 Å². The molecule has 142 valence electrons. The maximum absolute atomic E-state index is 12.1. The number of nitrogens with one attached hydrogen (secondary N) is 3. The van der Waals surface area contributed by atoms with E-state index in [0.717, 1.165) is 11.1 Å². The van der Waals surface area contributed by atoms with Crippen LogP contribution in [0.3, 0.4) is 0 Å². The Morgan fingerprint density at radius 2 is 1.56 bits per heavy atom. The van der Waals surface area contributed by atoms with Gasteiger partial charge in [0.25, 0.3) is 11.8 Å². The summed E-state index contributed by atoms with van der Waals surface area (Å²) in [5, 5.41) is 2.96. The van der Waals surface area contributed by atoms with Crippen LogP contribution in [0.15, 0.2) is 36.4 Å². The molecule has 0 saturated heterocycles. The zero-order chi connectivity index (χ0) is 20.0. The van der Waals surface area contributed by atoms with Crippen molar-refractivity contribution in [1.29, 1.82) is 0 Å². The van der Waals surface area contributed by atoms with Crippen LogP contribution in [0.5, 0.6) is 5.75 Å². The smallest absolute Gasteiger partial charge is 0.276 e. The third-order valence-corrected chi connectivity index (χ3v) is 3.87. The van der Waals surface area contributed by atoms with Gasteiger partial charge in [-0.2, -0.15) is 0 Å². The third kappa shape index (κ3) is 7.05. The summed E-state index contributed by atoms with van der Waals surface area (Å²) in [5.74, 6) is -0.384. The van der Waals surface area contributed by atoms with Crippen LogP contribution >= 0.6 is 35.4 Å². The minimum Gasteiger partial charge on any atom is -0.484 e. The van der Waals surface area contributed by atoms with Gasteiger partial charge in [0, 0.05) is 15.6 Å². The lowest BCUT2D eigenvalue weighted by molar-refractivity contribution is -0.123. The first kappa shape index (κ1) is 21.0. The zero-order valence-corrected chi connectivity index (χ0v) is 16.9. The molecule has 0 atom stereocenters. The van der Waals surface area contributed by atoms with Crippen LogP contribution in [0.4, 0.5) is 0 Å². The van der Waals surface area contributed by atoms with Gasteiger partial charge >= 0.3 is 0 Å². The summed E-state index contributed by atoms with van der Waals surface area (Å²) in [6, 6.07) is 10.1. The number of hydrogen-bond acceptors (Lipinski definition) is 4. The van der Waals surface area contributed by atoms with Crippen molar-refractivity contribution in [2.45, 2.75) is 13.8 Å². The van der Waals surface area contributed by atoms with Crippen LogP contribution in [0, 0.1) is 13.8 Å². The maximum atomic E-state index is 12.1. The molecule has 2 rings (SSSR count). The van der Waals surface area contributed by atoms with Gasteiger partial charge in [0.05, 0.1) is 0 Å². The van der Waals surface area contributed by atoms with Crippen molar-refractivity contribution in [3.63, 3.8) is 0 Å². The molecule has 3 N–H and O–H groups in total. The largest absolute Gasteiger partial charge is 0.484 e. The molecule has 6 nitrogen and oxygen atoms in total. The first-order chi connectivity index (χ1) is 12.7. The van der Waals surface area contributed by atoms with Gasteiger partial charge in [0.1, 0.15) is 5.75 Å². The van der Waals surface area contributed by atoms with Gasteiger partial charge in [-0.15, -0.1) is 0 Å². The lowest BCUT2D eigenvalue weighted by Crippen LogP contribution is -2.49. The van der Waals surface area contributed by atoms with Crippen LogP contribution in [0.2, 0.25) is 10.0 Å².